The van der Waals surface area contributed by atoms with Crippen LogP contribution in [-0.4, -0.2) is 52.6 Å². The van der Waals surface area contributed by atoms with Crippen molar-refractivity contribution < 1.29 is 22.8 Å². The predicted molar refractivity (Wildman–Crippen MR) is 134 cm³/mol. The fourth-order valence-electron chi connectivity index (χ4n) is 3.51. The maximum absolute atomic E-state index is 12.5. The zero-order valence-corrected chi connectivity index (χ0v) is 21.2. The average Bonchev–Trinajstić information content (AvgIpc) is 2.72. The predicted octanol–water partition coefficient (Wildman–Crippen LogP) is 2.28. The number of carboxylic acid groups (broad SMARTS) is 1. The Kier molecular flexibility index (Phi) is 10.1. The van der Waals surface area contributed by atoms with Crippen LogP contribution in [0.25, 0.3) is 0 Å². The van der Waals surface area contributed by atoms with Gasteiger partial charge in [0.15, 0.2) is 0 Å². The van der Waals surface area contributed by atoms with Crippen LogP contribution in [0.3, 0.4) is 0 Å². The molecular formula is C26H35N3O4S. The van der Waals surface area contributed by atoms with Gasteiger partial charge in [-0.15, -0.1) is 0 Å². The minimum Gasteiger partial charge on any atom is -0.550 e. The smallest absolute Gasteiger partial charge is 0.299 e. The number of aryl methyl sites for hydroxylation is 1. The summed E-state index contributed by atoms with van der Waals surface area (Å²) in [5.41, 5.74) is 3.34. The molecule has 7 nitrogen and oxygen atoms in total. The van der Waals surface area contributed by atoms with Gasteiger partial charge in [0.05, 0.1) is 33.7 Å². The highest BCUT2D eigenvalue weighted by molar-refractivity contribution is 7.90. The Hall–Kier alpha value is -2.86. The van der Waals surface area contributed by atoms with E-state index in [0.29, 0.717) is 16.7 Å². The summed E-state index contributed by atoms with van der Waals surface area (Å²) < 4.78 is 30.3. The molecule has 2 rings (SSSR count). The lowest BCUT2D eigenvalue weighted by atomic mass is 10.1. The molecule has 2 aromatic carbocycles. The summed E-state index contributed by atoms with van der Waals surface area (Å²) in [5.74, 6) is 4.90. The molecule has 0 fully saturated rings. The SMILES string of the molecule is CCCCCc1ccc(C#Cc2ccc(NS(=O)(=O)N[C@H](CC(=O)[O-])C[N+](C)(C)C)cc2)cc1. The third kappa shape index (κ3) is 10.8. The first-order valence-corrected chi connectivity index (χ1v) is 13.0. The Morgan fingerprint density at radius 2 is 1.53 bits per heavy atom. The molecule has 0 aliphatic rings. The van der Waals surface area contributed by atoms with E-state index in [1.807, 2.05) is 33.3 Å². The van der Waals surface area contributed by atoms with Crippen LogP contribution in [0, 0.1) is 11.8 Å². The first kappa shape index (κ1) is 27.4. The van der Waals surface area contributed by atoms with Crippen molar-refractivity contribution in [3.8, 4) is 11.8 Å². The van der Waals surface area contributed by atoms with Crippen molar-refractivity contribution in [2.45, 2.75) is 45.1 Å². The van der Waals surface area contributed by atoms with Crippen LogP contribution in [0.15, 0.2) is 48.5 Å². The van der Waals surface area contributed by atoms with E-state index >= 15 is 0 Å². The molecule has 0 radical (unpaired) electrons. The fraction of sp³-hybridized carbons (Fsp3) is 0.423. The second-order valence-electron chi connectivity index (χ2n) is 9.45. The normalized spacial score (nSPS) is 12.5. The van der Waals surface area contributed by atoms with Crippen molar-refractivity contribution in [2.24, 2.45) is 0 Å². The number of likely N-dealkylation sites (N-methyl/N-ethyl adjacent to an activating group) is 1. The largest absolute Gasteiger partial charge is 0.550 e. The van der Waals surface area contributed by atoms with Gasteiger partial charge in [0.25, 0.3) is 10.2 Å². The number of nitrogens with zero attached hydrogens (tertiary/aromatic N) is 1. The Bertz CT molecular complexity index is 1090. The highest BCUT2D eigenvalue weighted by atomic mass is 32.2. The lowest BCUT2D eigenvalue weighted by molar-refractivity contribution is -0.871. The molecule has 8 heteroatoms. The number of nitrogens with one attached hydrogen (secondary N) is 2. The van der Waals surface area contributed by atoms with Crippen LogP contribution in [0.4, 0.5) is 5.69 Å². The lowest BCUT2D eigenvalue weighted by Crippen LogP contribution is -2.51. The third-order valence-corrected chi connectivity index (χ3v) is 6.16. The van der Waals surface area contributed by atoms with Crippen molar-refractivity contribution in [1.29, 1.82) is 0 Å². The van der Waals surface area contributed by atoms with Crippen LogP contribution in [0.5, 0.6) is 0 Å². The molecule has 0 aromatic heterocycles. The van der Waals surface area contributed by atoms with Gasteiger partial charge in [0.2, 0.25) is 0 Å². The molecule has 0 aliphatic heterocycles. The molecule has 2 N–H and O–H groups in total. The van der Waals surface area contributed by atoms with Crippen molar-refractivity contribution in [3.63, 3.8) is 0 Å². The number of hydrogen-bond donors (Lipinski definition) is 2. The van der Waals surface area contributed by atoms with Crippen molar-refractivity contribution in [2.75, 3.05) is 32.4 Å². The van der Waals surface area contributed by atoms with Gasteiger partial charge >= 0.3 is 0 Å². The van der Waals surface area contributed by atoms with Crippen LogP contribution in [0.1, 0.15) is 49.3 Å². The maximum Gasteiger partial charge on any atom is 0.299 e. The highest BCUT2D eigenvalue weighted by Gasteiger charge is 2.23. The first-order valence-electron chi connectivity index (χ1n) is 11.5. The minimum atomic E-state index is -3.97. The summed E-state index contributed by atoms with van der Waals surface area (Å²) in [7, 11) is 1.59. The lowest BCUT2D eigenvalue weighted by Gasteiger charge is -2.29. The number of quaternary nitrogens is 1. The molecule has 0 spiro atoms. The summed E-state index contributed by atoms with van der Waals surface area (Å²) in [6.45, 7) is 2.49. The zero-order chi connectivity index (χ0) is 25.2. The van der Waals surface area contributed by atoms with E-state index in [1.165, 1.54) is 24.8 Å². The molecule has 0 aliphatic carbocycles. The number of carbonyl (C=O) groups is 1. The Labute approximate surface area is 204 Å². The van der Waals surface area contributed by atoms with Gasteiger partial charge < -0.3 is 14.4 Å². The zero-order valence-electron chi connectivity index (χ0n) is 20.4. The van der Waals surface area contributed by atoms with Crippen molar-refractivity contribution >= 4 is 21.9 Å². The first-order chi connectivity index (χ1) is 16.0. The van der Waals surface area contributed by atoms with E-state index in [9.17, 15) is 18.3 Å². The number of anilines is 1. The molecule has 0 saturated carbocycles. The van der Waals surface area contributed by atoms with Gasteiger partial charge in [-0.1, -0.05) is 43.7 Å². The topological polar surface area (TPSA) is 98.3 Å². The maximum atomic E-state index is 12.5. The number of carbonyl (C=O) groups excluding carboxylic acids is 1. The number of rotatable bonds is 12. The molecular weight excluding hydrogens is 450 g/mol. The van der Waals surface area contributed by atoms with Crippen LogP contribution in [-0.2, 0) is 21.4 Å². The summed E-state index contributed by atoms with van der Waals surface area (Å²) in [4.78, 5) is 11.0. The second-order valence-corrected chi connectivity index (χ2v) is 10.9. The summed E-state index contributed by atoms with van der Waals surface area (Å²) in [6, 6.07) is 14.1. The monoisotopic (exact) mass is 485 g/mol. The van der Waals surface area contributed by atoms with E-state index in [1.54, 1.807) is 24.3 Å². The van der Waals surface area contributed by atoms with Gasteiger partial charge in [-0.25, -0.2) is 0 Å². The van der Waals surface area contributed by atoms with Crippen molar-refractivity contribution in [3.05, 3.63) is 65.2 Å². The third-order valence-electron chi connectivity index (χ3n) is 5.01. The number of unbranched alkanes of at least 4 members (excludes halogenated alkanes) is 2. The Morgan fingerprint density at radius 1 is 0.971 bits per heavy atom. The molecule has 0 saturated heterocycles. The van der Waals surface area contributed by atoms with Gasteiger partial charge in [0, 0.05) is 29.2 Å². The fourth-order valence-corrected chi connectivity index (χ4v) is 4.61. The van der Waals surface area contributed by atoms with Gasteiger partial charge in [-0.2, -0.15) is 13.1 Å². The van der Waals surface area contributed by atoms with E-state index in [0.717, 1.165) is 17.5 Å². The Balaban J connectivity index is 1.99. The number of benzene rings is 2. The molecule has 0 heterocycles. The van der Waals surface area contributed by atoms with Gasteiger partial charge in [-0.05, 0) is 54.8 Å². The average molecular weight is 486 g/mol. The van der Waals surface area contributed by atoms with Crippen molar-refractivity contribution in [1.82, 2.24) is 4.72 Å². The van der Waals surface area contributed by atoms with E-state index in [-0.39, 0.29) is 0 Å². The molecule has 184 valence electrons. The number of aliphatic carboxylic acids is 1. The summed E-state index contributed by atoms with van der Waals surface area (Å²) in [6.07, 6.45) is 4.31. The number of hydrogen-bond acceptors (Lipinski definition) is 4. The van der Waals surface area contributed by atoms with Crippen LogP contribution in [0.2, 0.25) is 0 Å². The molecule has 0 amide bonds. The van der Waals surface area contributed by atoms with Gasteiger partial charge in [0.1, 0.15) is 0 Å². The van der Waals surface area contributed by atoms with E-state index in [4.69, 9.17) is 0 Å². The summed E-state index contributed by atoms with van der Waals surface area (Å²) in [5, 5.41) is 11.0. The molecule has 1 atom stereocenters. The standard InChI is InChI=1S/C26H35N3O4S/c1-5-6-7-8-21-9-11-22(12-10-21)13-14-23-15-17-24(18-16-23)27-34(32,33)28-25(19-26(30)31)20-29(2,3)4/h9-12,15-18,25,27-28H,5-8,19-20H2,1-4H3/t25-/m1/s1. The molecule has 34 heavy (non-hydrogen) atoms. The Morgan fingerprint density at radius 3 is 2.03 bits per heavy atom. The number of carboxylic acids is 1. The highest BCUT2D eigenvalue weighted by Crippen LogP contribution is 2.12. The minimum absolute atomic E-state index is 0.295. The molecule has 0 bridgehead atoms. The van der Waals surface area contributed by atoms with Crippen LogP contribution >= 0.6 is 0 Å². The summed E-state index contributed by atoms with van der Waals surface area (Å²) >= 11 is 0. The molecule has 0 unspecified atom stereocenters. The van der Waals surface area contributed by atoms with E-state index in [2.05, 4.69) is 40.3 Å². The second kappa shape index (κ2) is 12.6. The quantitative estimate of drug-likeness (QED) is 0.274. The van der Waals surface area contributed by atoms with Gasteiger partial charge in [-0.3, -0.25) is 4.72 Å². The van der Waals surface area contributed by atoms with E-state index < -0.39 is 28.6 Å². The molecule has 2 aromatic rings. The van der Waals surface area contributed by atoms with Crippen LogP contribution < -0.4 is 14.6 Å².